The lowest BCUT2D eigenvalue weighted by molar-refractivity contribution is 0.902. The molecule has 10 aromatic rings. The third kappa shape index (κ3) is 3.82. The summed E-state index contributed by atoms with van der Waals surface area (Å²) in [7, 11) is 0. The largest absolute Gasteiger partial charge is 0.0616 e. The van der Waals surface area contributed by atoms with Crippen molar-refractivity contribution in [2.24, 2.45) is 0 Å². The lowest BCUT2D eigenvalue weighted by Crippen LogP contribution is -2.19. The van der Waals surface area contributed by atoms with E-state index in [4.69, 9.17) is 0 Å². The average molecular weight is 681 g/mol. The van der Waals surface area contributed by atoms with Gasteiger partial charge >= 0.3 is 0 Å². The molecule has 0 aliphatic heterocycles. The van der Waals surface area contributed by atoms with Crippen LogP contribution in [0.3, 0.4) is 0 Å². The number of benzene rings is 10. The van der Waals surface area contributed by atoms with Crippen LogP contribution in [0.15, 0.2) is 181 Å². The van der Waals surface area contributed by atoms with E-state index >= 15 is 0 Å². The molecule has 0 N–H and O–H groups in total. The zero-order valence-corrected chi connectivity index (χ0v) is 29.5. The highest BCUT2D eigenvalue weighted by atomic mass is 14.4. The molecule has 0 bridgehead atoms. The fourth-order valence-corrected chi connectivity index (χ4v) is 10.5. The van der Waals surface area contributed by atoms with E-state index in [0.29, 0.717) is 0 Å². The molecular formula is C54H32. The average Bonchev–Trinajstić information content (AvgIpc) is 3.23. The molecule has 0 amide bonds. The molecule has 0 heteroatoms. The quantitative estimate of drug-likeness (QED) is 0.163. The molecule has 54 heavy (non-hydrogen) atoms. The number of hydrogen-bond donors (Lipinski definition) is 0. The van der Waals surface area contributed by atoms with E-state index in [1.165, 1.54) is 126 Å². The van der Waals surface area contributed by atoms with Crippen molar-refractivity contribution in [3.63, 3.8) is 0 Å². The molecule has 0 fully saturated rings. The van der Waals surface area contributed by atoms with Crippen molar-refractivity contribution in [1.82, 2.24) is 0 Å². The molecule has 13 rings (SSSR count). The Morgan fingerprint density at radius 1 is 0.426 bits per heavy atom. The van der Waals surface area contributed by atoms with E-state index in [2.05, 4.69) is 176 Å². The minimum absolute atomic E-state index is 0.265. The predicted molar refractivity (Wildman–Crippen MR) is 231 cm³/mol. The molecule has 0 saturated heterocycles. The zero-order chi connectivity index (χ0) is 35.1. The second-order valence-electron chi connectivity index (χ2n) is 15.6. The van der Waals surface area contributed by atoms with Gasteiger partial charge in [0.05, 0.1) is 0 Å². The first-order valence-corrected chi connectivity index (χ1v) is 19.2. The van der Waals surface area contributed by atoms with Crippen LogP contribution in [0, 0.1) is 0 Å². The van der Waals surface area contributed by atoms with Crippen LogP contribution in [0.5, 0.6) is 0 Å². The van der Waals surface area contributed by atoms with Gasteiger partial charge in [0, 0.05) is 5.92 Å². The second-order valence-corrected chi connectivity index (χ2v) is 15.6. The van der Waals surface area contributed by atoms with E-state index in [0.717, 1.165) is 6.42 Å². The molecule has 248 valence electrons. The Hall–Kier alpha value is -6.76. The third-order valence-electron chi connectivity index (χ3n) is 12.8. The van der Waals surface area contributed by atoms with Crippen LogP contribution >= 0.6 is 0 Å². The van der Waals surface area contributed by atoms with Gasteiger partial charge in [0.1, 0.15) is 0 Å². The van der Waals surface area contributed by atoms with Crippen LogP contribution < -0.4 is 0 Å². The Morgan fingerprint density at radius 2 is 0.963 bits per heavy atom. The lowest BCUT2D eigenvalue weighted by Gasteiger charge is -2.36. The lowest BCUT2D eigenvalue weighted by atomic mass is 9.67. The maximum absolute atomic E-state index is 2.50. The molecule has 0 saturated carbocycles. The fraction of sp³-hybridized carbons (Fsp3) is 0.0370. The van der Waals surface area contributed by atoms with Crippen molar-refractivity contribution in [2.45, 2.75) is 12.3 Å². The number of rotatable bonds is 3. The summed E-state index contributed by atoms with van der Waals surface area (Å²) in [4.78, 5) is 0. The summed E-state index contributed by atoms with van der Waals surface area (Å²) in [6, 6.07) is 55.6. The van der Waals surface area contributed by atoms with Gasteiger partial charge < -0.3 is 0 Å². The van der Waals surface area contributed by atoms with Crippen LogP contribution in [0.25, 0.3) is 98.5 Å². The molecule has 3 aliphatic carbocycles. The van der Waals surface area contributed by atoms with Gasteiger partial charge in [-0.3, -0.25) is 0 Å². The summed E-state index contributed by atoms with van der Waals surface area (Å²) < 4.78 is 0. The van der Waals surface area contributed by atoms with Crippen LogP contribution in [-0.4, -0.2) is 0 Å². The molecule has 10 aromatic carbocycles. The highest BCUT2D eigenvalue weighted by Gasteiger charge is 2.34. The van der Waals surface area contributed by atoms with E-state index < -0.39 is 0 Å². The van der Waals surface area contributed by atoms with Crippen molar-refractivity contribution in [3.05, 3.63) is 203 Å². The normalized spacial score (nSPS) is 16.1. The molecule has 1 atom stereocenters. The highest BCUT2D eigenvalue weighted by Crippen LogP contribution is 2.51. The molecule has 0 radical (unpaired) electrons. The van der Waals surface area contributed by atoms with Gasteiger partial charge in [-0.2, -0.15) is 0 Å². The van der Waals surface area contributed by atoms with Crippen molar-refractivity contribution in [3.8, 4) is 22.3 Å². The first kappa shape index (κ1) is 28.8. The summed E-state index contributed by atoms with van der Waals surface area (Å²) in [6.45, 7) is 0. The first-order valence-electron chi connectivity index (χ1n) is 19.2. The molecule has 0 spiro atoms. The topological polar surface area (TPSA) is 0 Å². The maximum atomic E-state index is 2.50. The summed E-state index contributed by atoms with van der Waals surface area (Å²) in [5, 5.41) is 15.8. The van der Waals surface area contributed by atoms with E-state index in [1.54, 1.807) is 0 Å². The molecule has 1 unspecified atom stereocenters. The van der Waals surface area contributed by atoms with Gasteiger partial charge in [0.25, 0.3) is 0 Å². The third-order valence-corrected chi connectivity index (χ3v) is 12.8. The van der Waals surface area contributed by atoms with Crippen molar-refractivity contribution in [1.29, 1.82) is 0 Å². The van der Waals surface area contributed by atoms with Crippen LogP contribution in [0.2, 0.25) is 0 Å². The fourth-order valence-electron chi connectivity index (χ4n) is 10.5. The van der Waals surface area contributed by atoms with Crippen LogP contribution in [0.4, 0.5) is 0 Å². The highest BCUT2D eigenvalue weighted by molar-refractivity contribution is 6.28. The summed E-state index contributed by atoms with van der Waals surface area (Å²) in [5.74, 6) is 0.265. The van der Waals surface area contributed by atoms with Gasteiger partial charge in [-0.25, -0.2) is 0 Å². The van der Waals surface area contributed by atoms with Crippen LogP contribution in [-0.2, 0) is 6.42 Å². The van der Waals surface area contributed by atoms with Gasteiger partial charge in [-0.05, 0) is 163 Å². The Labute approximate surface area is 313 Å². The van der Waals surface area contributed by atoms with Crippen LogP contribution in [0.1, 0.15) is 28.2 Å². The Morgan fingerprint density at radius 3 is 1.59 bits per heavy atom. The van der Waals surface area contributed by atoms with Gasteiger partial charge in [-0.15, -0.1) is 0 Å². The van der Waals surface area contributed by atoms with Crippen molar-refractivity contribution < 1.29 is 0 Å². The first-order chi connectivity index (χ1) is 26.7. The Kier molecular flexibility index (Phi) is 5.56. The van der Waals surface area contributed by atoms with Crippen molar-refractivity contribution >= 4 is 76.3 Å². The Bertz CT molecular complexity index is 3230. The smallest absolute Gasteiger partial charge is 0.0351 e. The molecule has 0 aromatic heterocycles. The molecule has 0 nitrogen and oxygen atoms in total. The predicted octanol–water partition coefficient (Wildman–Crippen LogP) is 14.4. The van der Waals surface area contributed by atoms with Crippen molar-refractivity contribution in [2.75, 3.05) is 0 Å². The minimum atomic E-state index is 0.265. The summed E-state index contributed by atoms with van der Waals surface area (Å²) in [5.41, 5.74) is 15.0. The standard InChI is InChI=1S/C54H32/c1-7-31-19-22-34-10-4-16-43-46(28-37(13-1)49(31)52(34)43)40-25-41(47-29-38-14-2-8-32-20-23-35-11-5-17-44(47)53(35)50(32)38)27-42(26-40)48-30-39-15-3-9-33-21-24-36-12-6-18-45(48)54(36)51(33)39/h1-29,54H,30H2. The molecular weight excluding hydrogens is 649 g/mol. The van der Waals surface area contributed by atoms with Gasteiger partial charge in [-0.1, -0.05) is 146 Å². The van der Waals surface area contributed by atoms with E-state index in [1.807, 2.05) is 0 Å². The zero-order valence-electron chi connectivity index (χ0n) is 29.5. The van der Waals surface area contributed by atoms with Gasteiger partial charge in [0.2, 0.25) is 0 Å². The molecule has 3 aliphatic rings. The SMILES string of the molecule is C1=CC2=C(c3cc(-c4cc5cccc6ccc7cccc4c7c65)cc(-c4cc5cccc6ccc7cccc4c7c65)c3)Cc3cccc4c3C2C(=C1)C=C4. The van der Waals surface area contributed by atoms with E-state index in [-0.39, 0.29) is 5.92 Å². The molecule has 0 heterocycles. The number of hydrogen-bond acceptors (Lipinski definition) is 0. The van der Waals surface area contributed by atoms with Gasteiger partial charge in [0.15, 0.2) is 0 Å². The summed E-state index contributed by atoms with van der Waals surface area (Å²) >= 11 is 0. The minimum Gasteiger partial charge on any atom is -0.0616 e. The number of allylic oxidation sites excluding steroid dienone is 7. The Balaban J connectivity index is 1.15. The second kappa shape index (κ2) is 10.4. The van der Waals surface area contributed by atoms with E-state index in [9.17, 15) is 0 Å². The maximum Gasteiger partial charge on any atom is 0.0351 e. The monoisotopic (exact) mass is 680 g/mol. The summed E-state index contributed by atoms with van der Waals surface area (Å²) in [6.07, 6.45) is 12.5.